The van der Waals surface area contributed by atoms with Gasteiger partial charge < -0.3 is 0 Å². The Bertz CT molecular complexity index is 1020. The van der Waals surface area contributed by atoms with Gasteiger partial charge in [0.05, 0.1) is 0 Å². The summed E-state index contributed by atoms with van der Waals surface area (Å²) in [5, 5.41) is 0. The Morgan fingerprint density at radius 2 is 0.673 bits per heavy atom. The third-order valence-corrected chi connectivity index (χ3v) is 13.3. The van der Waals surface area contributed by atoms with Crippen molar-refractivity contribution in [3.63, 3.8) is 0 Å². The molecule has 52 heavy (non-hydrogen) atoms. The van der Waals surface area contributed by atoms with Crippen molar-refractivity contribution in [1.29, 1.82) is 0 Å². The molecule has 2 aromatic rings. The highest BCUT2D eigenvalue weighted by Crippen LogP contribution is 2.25. The zero-order chi connectivity index (χ0) is 37.2. The Morgan fingerprint density at radius 1 is 0.385 bits per heavy atom. The summed E-state index contributed by atoms with van der Waals surface area (Å²) in [7, 11) is 0. The second kappa shape index (κ2) is 34.2. The van der Waals surface area contributed by atoms with Gasteiger partial charge in [-0.1, -0.05) is 192 Å². The average Bonchev–Trinajstić information content (AvgIpc) is 3.17. The molecule has 0 saturated heterocycles. The molecule has 0 spiro atoms. The number of rotatable bonds is 34. The lowest BCUT2D eigenvalue weighted by molar-refractivity contribution is 0.440. The first-order chi connectivity index (χ1) is 25.7. The van der Waals surface area contributed by atoms with Crippen LogP contribution in [-0.4, -0.2) is 23.0 Å². The Balaban J connectivity index is 1.70. The van der Waals surface area contributed by atoms with E-state index in [1.54, 1.807) is 0 Å². The van der Waals surface area contributed by atoms with Gasteiger partial charge in [0.2, 0.25) is 0 Å². The highest BCUT2D eigenvalue weighted by Gasteiger charge is 2.11. The molecule has 0 nitrogen and oxygen atoms in total. The summed E-state index contributed by atoms with van der Waals surface area (Å²) in [6.45, 7) is 9.27. The van der Waals surface area contributed by atoms with Crippen molar-refractivity contribution in [1.82, 2.24) is 0 Å². The molecule has 0 bridgehead atoms. The molecule has 0 aliphatic rings. The molecule has 294 valence electrons. The molecular formula is C50H82S2. The molecule has 2 unspecified atom stereocenters. The molecule has 0 amide bonds. The summed E-state index contributed by atoms with van der Waals surface area (Å²) in [4.78, 5) is 0. The third kappa shape index (κ3) is 25.7. The van der Waals surface area contributed by atoms with Crippen LogP contribution in [0.25, 0.3) is 0 Å². The standard InChI is InChI=1S/C50H82S2/c1-5-9-13-17-19-23-27-49(25-21-15-11-7-3)43-51-41-39-47-35-31-45(32-36-47)29-30-46-33-37-48(38-34-46)40-42-52-44-50(26-22-16-12-8-4)28-24-20-18-14-10-6-2/h31-38,49-50H,5-28,39-44H2,1-4H3. The Hall–Kier alpha value is -1.30. The maximum absolute atomic E-state index is 3.41. The molecule has 2 aromatic carbocycles. The first-order valence-corrected chi connectivity index (χ1v) is 24.8. The fourth-order valence-corrected chi connectivity index (χ4v) is 9.73. The molecule has 0 radical (unpaired) electrons. The highest BCUT2D eigenvalue weighted by molar-refractivity contribution is 7.99. The molecule has 0 heterocycles. The Labute approximate surface area is 334 Å². The quantitative estimate of drug-likeness (QED) is 0.0517. The topological polar surface area (TPSA) is 0 Å². The number of hydrogen-bond donors (Lipinski definition) is 0. The smallest absolute Gasteiger partial charge is 0.0249 e. The molecule has 0 saturated carbocycles. The number of benzene rings is 2. The average molecular weight is 747 g/mol. The zero-order valence-corrected chi connectivity index (χ0v) is 36.4. The van der Waals surface area contributed by atoms with Gasteiger partial charge in [0.1, 0.15) is 0 Å². The van der Waals surface area contributed by atoms with Crippen molar-refractivity contribution >= 4 is 23.5 Å². The van der Waals surface area contributed by atoms with Crippen LogP contribution in [0.3, 0.4) is 0 Å². The van der Waals surface area contributed by atoms with E-state index >= 15 is 0 Å². The van der Waals surface area contributed by atoms with Crippen molar-refractivity contribution < 1.29 is 0 Å². The van der Waals surface area contributed by atoms with E-state index in [-0.39, 0.29) is 0 Å². The van der Waals surface area contributed by atoms with Crippen molar-refractivity contribution in [3.05, 3.63) is 70.8 Å². The van der Waals surface area contributed by atoms with Gasteiger partial charge >= 0.3 is 0 Å². The highest BCUT2D eigenvalue weighted by atomic mass is 32.2. The van der Waals surface area contributed by atoms with Gasteiger partial charge in [-0.25, -0.2) is 0 Å². The van der Waals surface area contributed by atoms with Crippen LogP contribution in [0, 0.1) is 23.7 Å². The second-order valence-corrected chi connectivity index (χ2v) is 18.1. The van der Waals surface area contributed by atoms with Gasteiger partial charge in [-0.15, -0.1) is 0 Å². The molecule has 0 N–H and O–H groups in total. The fraction of sp³-hybridized carbons (Fsp3) is 0.720. The van der Waals surface area contributed by atoms with Crippen LogP contribution in [0.4, 0.5) is 0 Å². The largest absolute Gasteiger partial charge is 0.161 e. The molecule has 0 fully saturated rings. The first kappa shape index (κ1) is 46.9. The number of thioether (sulfide) groups is 2. The van der Waals surface area contributed by atoms with Crippen LogP contribution in [0.5, 0.6) is 0 Å². The van der Waals surface area contributed by atoms with E-state index in [0.717, 1.165) is 35.8 Å². The van der Waals surface area contributed by atoms with Gasteiger partial charge in [0.15, 0.2) is 0 Å². The lowest BCUT2D eigenvalue weighted by Gasteiger charge is -2.17. The monoisotopic (exact) mass is 747 g/mol. The van der Waals surface area contributed by atoms with Gasteiger partial charge in [0.25, 0.3) is 0 Å². The van der Waals surface area contributed by atoms with E-state index in [1.807, 2.05) is 0 Å². The summed E-state index contributed by atoms with van der Waals surface area (Å²) in [5.74, 6) is 13.8. The van der Waals surface area contributed by atoms with Crippen LogP contribution >= 0.6 is 23.5 Å². The minimum atomic E-state index is 0.917. The third-order valence-electron chi connectivity index (χ3n) is 10.9. The summed E-state index contributed by atoms with van der Waals surface area (Å²) >= 11 is 4.38. The molecule has 2 atom stereocenters. The van der Waals surface area contributed by atoms with Crippen molar-refractivity contribution in [2.45, 2.75) is 195 Å². The molecule has 0 aliphatic carbocycles. The zero-order valence-electron chi connectivity index (χ0n) is 34.8. The molecule has 2 heteroatoms. The summed E-state index contributed by atoms with van der Waals surface area (Å²) in [6.07, 6.45) is 36.3. The second-order valence-electron chi connectivity index (χ2n) is 15.8. The van der Waals surface area contributed by atoms with E-state index in [2.05, 4.69) is 112 Å². The predicted molar refractivity (Wildman–Crippen MR) is 241 cm³/mol. The first-order valence-electron chi connectivity index (χ1n) is 22.5. The number of aryl methyl sites for hydroxylation is 2. The van der Waals surface area contributed by atoms with Crippen molar-refractivity contribution in [3.8, 4) is 11.8 Å². The van der Waals surface area contributed by atoms with Gasteiger partial charge in [-0.3, -0.25) is 0 Å². The summed E-state index contributed by atoms with van der Waals surface area (Å²) in [6, 6.07) is 18.1. The minimum absolute atomic E-state index is 0.917. The SMILES string of the molecule is CCCCCCCCC(CCCCCC)CSCCc1ccc(C#Cc2ccc(CCSCC(CCCCCC)CCCCCCCC)cc2)cc1. The van der Waals surface area contributed by atoms with Crippen molar-refractivity contribution in [2.75, 3.05) is 23.0 Å². The van der Waals surface area contributed by atoms with Gasteiger partial charge in [0, 0.05) is 11.1 Å². The normalized spacial score (nSPS) is 12.5. The van der Waals surface area contributed by atoms with Crippen LogP contribution in [0.2, 0.25) is 0 Å². The van der Waals surface area contributed by atoms with Crippen molar-refractivity contribution in [2.24, 2.45) is 11.8 Å². The minimum Gasteiger partial charge on any atom is -0.161 e. The molecule has 0 aromatic heterocycles. The van der Waals surface area contributed by atoms with E-state index in [9.17, 15) is 0 Å². The lowest BCUT2D eigenvalue weighted by atomic mass is 9.96. The van der Waals surface area contributed by atoms with E-state index in [0.29, 0.717) is 0 Å². The van der Waals surface area contributed by atoms with E-state index in [4.69, 9.17) is 0 Å². The van der Waals surface area contributed by atoms with E-state index in [1.165, 1.54) is 188 Å². The van der Waals surface area contributed by atoms with Crippen LogP contribution < -0.4 is 0 Å². The van der Waals surface area contributed by atoms with Crippen LogP contribution in [0.1, 0.15) is 204 Å². The maximum atomic E-state index is 3.41. The molecular weight excluding hydrogens is 665 g/mol. The Kier molecular flexibility index (Phi) is 30.8. The summed E-state index contributed by atoms with van der Waals surface area (Å²) < 4.78 is 0. The van der Waals surface area contributed by atoms with Crippen LogP contribution in [0.15, 0.2) is 48.5 Å². The fourth-order valence-electron chi connectivity index (χ4n) is 7.30. The molecule has 0 aliphatic heterocycles. The molecule has 2 rings (SSSR count). The number of unbranched alkanes of at least 4 members (excludes halogenated alkanes) is 16. The maximum Gasteiger partial charge on any atom is 0.0249 e. The predicted octanol–water partition coefficient (Wildman–Crippen LogP) is 16.3. The number of hydrogen-bond acceptors (Lipinski definition) is 2. The van der Waals surface area contributed by atoms with Gasteiger partial charge in [-0.2, -0.15) is 23.5 Å². The Morgan fingerprint density at radius 3 is 1.00 bits per heavy atom. The van der Waals surface area contributed by atoms with Crippen LogP contribution in [-0.2, 0) is 12.8 Å². The van der Waals surface area contributed by atoms with Gasteiger partial charge in [-0.05, 0) is 109 Å². The summed E-state index contributed by atoms with van der Waals surface area (Å²) in [5.41, 5.74) is 5.13. The van der Waals surface area contributed by atoms with E-state index < -0.39 is 0 Å². The lowest BCUT2D eigenvalue weighted by Crippen LogP contribution is -2.05.